The molecule has 13 heavy (non-hydrogen) atoms. The average Bonchev–Trinajstić information content (AvgIpc) is 2.08. The number of thioether (sulfide) groups is 1. The Balaban J connectivity index is 3.04. The molecule has 3 nitrogen and oxygen atoms in total. The van der Waals surface area contributed by atoms with Crippen LogP contribution in [-0.2, 0) is 0 Å². The Morgan fingerprint density at radius 1 is 1.62 bits per heavy atom. The van der Waals surface area contributed by atoms with Gasteiger partial charge in [0.25, 0.3) is 0 Å². The fraction of sp³-hybridized carbons (Fsp3) is 0.250. The summed E-state index contributed by atoms with van der Waals surface area (Å²) < 4.78 is 12.8. The van der Waals surface area contributed by atoms with Gasteiger partial charge in [-0.25, -0.2) is 0 Å². The predicted molar refractivity (Wildman–Crippen MR) is 49.5 cm³/mol. The summed E-state index contributed by atoms with van der Waals surface area (Å²) >= 11 is 1.44. The van der Waals surface area contributed by atoms with Gasteiger partial charge in [-0.3, -0.25) is 10.1 Å². The molecule has 0 N–H and O–H groups in total. The summed E-state index contributed by atoms with van der Waals surface area (Å²) in [4.78, 5) is 10.3. The summed E-state index contributed by atoms with van der Waals surface area (Å²) in [7, 11) is 0. The summed E-state index contributed by atoms with van der Waals surface area (Å²) in [6, 6.07) is 3.91. The minimum Gasteiger partial charge on any atom is -0.258 e. The molecule has 0 fully saturated rings. The number of hydrogen-bond donors (Lipinski definition) is 0. The van der Waals surface area contributed by atoms with Crippen molar-refractivity contribution in [1.82, 2.24) is 0 Å². The highest BCUT2D eigenvalue weighted by Crippen LogP contribution is 2.25. The van der Waals surface area contributed by atoms with Crippen LogP contribution >= 0.6 is 11.8 Å². The van der Waals surface area contributed by atoms with E-state index in [0.717, 1.165) is 16.7 Å². The monoisotopic (exact) mass is 201 g/mol. The van der Waals surface area contributed by atoms with Crippen LogP contribution in [0.1, 0.15) is 6.92 Å². The van der Waals surface area contributed by atoms with E-state index >= 15 is 0 Å². The van der Waals surface area contributed by atoms with E-state index in [-0.39, 0.29) is 0 Å². The van der Waals surface area contributed by atoms with Crippen LogP contribution in [0.2, 0.25) is 0 Å². The SMILES string of the molecule is CCSc1ccc(F)c([N+](=O)[O-])c1. The van der Waals surface area contributed by atoms with Crippen molar-refractivity contribution in [3.63, 3.8) is 0 Å². The van der Waals surface area contributed by atoms with Crippen LogP contribution in [0.3, 0.4) is 0 Å². The molecule has 0 saturated carbocycles. The molecule has 0 unspecified atom stereocenters. The Bertz CT molecular complexity index is 330. The number of halogens is 1. The van der Waals surface area contributed by atoms with Crippen LogP contribution in [-0.4, -0.2) is 10.7 Å². The molecule has 0 aliphatic carbocycles. The fourth-order valence-electron chi connectivity index (χ4n) is 0.889. The van der Waals surface area contributed by atoms with Crippen LogP contribution in [0.15, 0.2) is 23.1 Å². The zero-order chi connectivity index (χ0) is 9.84. The largest absolute Gasteiger partial charge is 0.305 e. The Kier molecular flexibility index (Phi) is 3.25. The number of benzene rings is 1. The van der Waals surface area contributed by atoms with Crippen LogP contribution in [0, 0.1) is 15.9 Å². The molecule has 0 bridgehead atoms. The molecule has 0 amide bonds. The van der Waals surface area contributed by atoms with Gasteiger partial charge in [0.1, 0.15) is 0 Å². The normalized spacial score (nSPS) is 10.0. The molecule has 5 heteroatoms. The first kappa shape index (κ1) is 9.98. The van der Waals surface area contributed by atoms with E-state index in [1.165, 1.54) is 23.9 Å². The third-order valence-electron chi connectivity index (χ3n) is 1.43. The number of hydrogen-bond acceptors (Lipinski definition) is 3. The van der Waals surface area contributed by atoms with E-state index in [1.54, 1.807) is 0 Å². The number of nitrogens with zero attached hydrogens (tertiary/aromatic N) is 1. The lowest BCUT2D eigenvalue weighted by molar-refractivity contribution is -0.387. The minimum atomic E-state index is -0.787. The summed E-state index contributed by atoms with van der Waals surface area (Å²) in [5.41, 5.74) is -0.460. The Morgan fingerprint density at radius 3 is 2.85 bits per heavy atom. The van der Waals surface area contributed by atoms with E-state index in [9.17, 15) is 14.5 Å². The van der Waals surface area contributed by atoms with E-state index in [1.807, 2.05) is 6.92 Å². The Hall–Kier alpha value is -1.10. The van der Waals surface area contributed by atoms with Gasteiger partial charge in [-0.15, -0.1) is 11.8 Å². The fourth-order valence-corrected chi connectivity index (χ4v) is 1.58. The Morgan fingerprint density at radius 2 is 2.31 bits per heavy atom. The van der Waals surface area contributed by atoms with Crippen molar-refractivity contribution in [3.05, 3.63) is 34.1 Å². The van der Waals surface area contributed by atoms with Crippen molar-refractivity contribution in [1.29, 1.82) is 0 Å². The van der Waals surface area contributed by atoms with Crippen LogP contribution in [0.5, 0.6) is 0 Å². The van der Waals surface area contributed by atoms with E-state index < -0.39 is 16.4 Å². The van der Waals surface area contributed by atoms with Gasteiger partial charge in [-0.2, -0.15) is 4.39 Å². The van der Waals surface area contributed by atoms with Crippen LogP contribution in [0.25, 0.3) is 0 Å². The van der Waals surface area contributed by atoms with Crippen molar-refractivity contribution >= 4 is 17.4 Å². The second-order valence-corrected chi connectivity index (χ2v) is 3.64. The highest BCUT2D eigenvalue weighted by atomic mass is 32.2. The third kappa shape index (κ3) is 2.42. The van der Waals surface area contributed by atoms with Gasteiger partial charge < -0.3 is 0 Å². The number of nitro groups is 1. The van der Waals surface area contributed by atoms with Gasteiger partial charge in [0, 0.05) is 11.0 Å². The molecule has 0 aliphatic heterocycles. The first-order chi connectivity index (χ1) is 6.15. The molecule has 0 radical (unpaired) electrons. The third-order valence-corrected chi connectivity index (χ3v) is 2.30. The van der Waals surface area contributed by atoms with Crippen molar-refractivity contribution < 1.29 is 9.31 Å². The molecule has 1 aromatic carbocycles. The molecule has 0 aromatic heterocycles. The van der Waals surface area contributed by atoms with Crippen molar-refractivity contribution in [2.75, 3.05) is 5.75 Å². The first-order valence-electron chi connectivity index (χ1n) is 3.72. The first-order valence-corrected chi connectivity index (χ1v) is 4.70. The molecule has 0 saturated heterocycles. The highest BCUT2D eigenvalue weighted by Gasteiger charge is 2.13. The van der Waals surface area contributed by atoms with Crippen LogP contribution in [0.4, 0.5) is 10.1 Å². The van der Waals surface area contributed by atoms with Crippen LogP contribution < -0.4 is 0 Å². The zero-order valence-corrected chi connectivity index (χ0v) is 7.81. The molecular formula is C8H8FNO2S. The number of rotatable bonds is 3. The quantitative estimate of drug-likeness (QED) is 0.429. The van der Waals surface area contributed by atoms with Crippen molar-refractivity contribution in [3.8, 4) is 0 Å². The molecular weight excluding hydrogens is 193 g/mol. The lowest BCUT2D eigenvalue weighted by Gasteiger charge is -1.98. The molecule has 1 aromatic rings. The topological polar surface area (TPSA) is 43.1 Å². The van der Waals surface area contributed by atoms with Gasteiger partial charge in [-0.05, 0) is 17.9 Å². The summed E-state index contributed by atoms with van der Waals surface area (Å²) in [5.74, 6) is 0.0217. The second-order valence-electron chi connectivity index (χ2n) is 2.30. The van der Waals surface area contributed by atoms with Gasteiger partial charge in [0.15, 0.2) is 0 Å². The van der Waals surface area contributed by atoms with E-state index in [4.69, 9.17) is 0 Å². The maximum Gasteiger partial charge on any atom is 0.305 e. The maximum atomic E-state index is 12.8. The highest BCUT2D eigenvalue weighted by molar-refractivity contribution is 7.99. The van der Waals surface area contributed by atoms with E-state index in [2.05, 4.69) is 0 Å². The van der Waals surface area contributed by atoms with Gasteiger partial charge in [0.2, 0.25) is 5.82 Å². The van der Waals surface area contributed by atoms with Gasteiger partial charge in [-0.1, -0.05) is 6.92 Å². The summed E-state index contributed by atoms with van der Waals surface area (Å²) in [6.45, 7) is 1.93. The Labute approximate surface area is 79.1 Å². The standard InChI is InChI=1S/C8H8FNO2S/c1-2-13-6-3-4-7(9)8(5-6)10(11)12/h3-5H,2H2,1H3. The van der Waals surface area contributed by atoms with Crippen molar-refractivity contribution in [2.45, 2.75) is 11.8 Å². The molecule has 0 aliphatic rings. The summed E-state index contributed by atoms with van der Waals surface area (Å²) in [6.07, 6.45) is 0. The van der Waals surface area contributed by atoms with Crippen molar-refractivity contribution in [2.24, 2.45) is 0 Å². The van der Waals surface area contributed by atoms with E-state index in [0.29, 0.717) is 0 Å². The second kappa shape index (κ2) is 4.23. The van der Waals surface area contributed by atoms with Gasteiger partial charge in [0.05, 0.1) is 4.92 Å². The summed E-state index contributed by atoms with van der Waals surface area (Å²) in [5, 5.41) is 10.3. The smallest absolute Gasteiger partial charge is 0.258 e. The molecule has 0 atom stereocenters. The predicted octanol–water partition coefficient (Wildman–Crippen LogP) is 2.85. The lowest BCUT2D eigenvalue weighted by Crippen LogP contribution is -1.92. The zero-order valence-electron chi connectivity index (χ0n) is 6.99. The molecule has 70 valence electrons. The molecule has 0 spiro atoms. The minimum absolute atomic E-state index is 0.460. The molecule has 1 rings (SSSR count). The van der Waals surface area contributed by atoms with Gasteiger partial charge >= 0.3 is 5.69 Å². The molecule has 0 heterocycles. The average molecular weight is 201 g/mol. The maximum absolute atomic E-state index is 12.8. The number of nitro benzene ring substituents is 1. The lowest BCUT2D eigenvalue weighted by atomic mass is 10.3.